The van der Waals surface area contributed by atoms with Crippen LogP contribution in [0.2, 0.25) is 5.02 Å². The Bertz CT molecular complexity index is 1350. The third-order valence-corrected chi connectivity index (χ3v) is 5.67. The van der Waals surface area contributed by atoms with Gasteiger partial charge in [0.1, 0.15) is 16.6 Å². The SMILES string of the molecule is Cc1c(C(=O)Nc2ccccc2F)oc2c1/C(=N/NC(=O)c1ccc(Cl)c([N+](=O)[O-])c1)CCC2. The number of hydrogen-bond acceptors (Lipinski definition) is 6. The molecule has 1 heterocycles. The summed E-state index contributed by atoms with van der Waals surface area (Å²) in [5, 5.41) is 17.7. The first kappa shape index (κ1) is 23.1. The van der Waals surface area contributed by atoms with Crippen LogP contribution in [-0.2, 0) is 6.42 Å². The molecule has 1 aliphatic rings. The highest BCUT2D eigenvalue weighted by Gasteiger charge is 2.28. The Morgan fingerprint density at radius 2 is 1.94 bits per heavy atom. The molecule has 0 fully saturated rings. The fourth-order valence-electron chi connectivity index (χ4n) is 3.71. The molecule has 0 atom stereocenters. The summed E-state index contributed by atoms with van der Waals surface area (Å²) in [5.74, 6) is -1.26. The highest BCUT2D eigenvalue weighted by atomic mass is 35.5. The van der Waals surface area contributed by atoms with E-state index in [1.54, 1.807) is 13.0 Å². The molecule has 34 heavy (non-hydrogen) atoms. The van der Waals surface area contributed by atoms with Gasteiger partial charge in [0.2, 0.25) is 0 Å². The molecule has 0 aliphatic heterocycles. The minimum absolute atomic E-state index is 0.0188. The number of nitrogens with zero attached hydrogens (tertiary/aromatic N) is 2. The van der Waals surface area contributed by atoms with Crippen molar-refractivity contribution in [1.29, 1.82) is 0 Å². The molecule has 174 valence electrons. The van der Waals surface area contributed by atoms with Crippen LogP contribution in [-0.4, -0.2) is 22.4 Å². The Hall–Kier alpha value is -4.05. The average Bonchev–Trinajstić information content (AvgIpc) is 3.16. The van der Waals surface area contributed by atoms with Crippen LogP contribution in [0.15, 0.2) is 52.0 Å². The Labute approximate surface area is 197 Å². The predicted octanol–water partition coefficient (Wildman–Crippen LogP) is 5.01. The van der Waals surface area contributed by atoms with Gasteiger partial charge in [0.15, 0.2) is 5.76 Å². The summed E-state index contributed by atoms with van der Waals surface area (Å²) in [6.45, 7) is 1.68. The van der Waals surface area contributed by atoms with Crippen molar-refractivity contribution in [3.05, 3.63) is 91.6 Å². The second-order valence-electron chi connectivity index (χ2n) is 7.56. The molecule has 2 amide bonds. The van der Waals surface area contributed by atoms with Crippen molar-refractivity contribution in [2.45, 2.75) is 26.2 Å². The normalized spacial score (nSPS) is 13.9. The number of rotatable bonds is 5. The number of nitrogens with one attached hydrogen (secondary N) is 2. The van der Waals surface area contributed by atoms with Gasteiger partial charge in [0.05, 0.1) is 16.3 Å². The molecule has 1 aliphatic carbocycles. The molecule has 2 aromatic carbocycles. The van der Waals surface area contributed by atoms with Crippen LogP contribution in [0, 0.1) is 22.9 Å². The number of para-hydroxylation sites is 1. The highest BCUT2D eigenvalue weighted by molar-refractivity contribution is 6.32. The summed E-state index contributed by atoms with van der Waals surface area (Å²) in [4.78, 5) is 35.6. The number of anilines is 1. The Kier molecular flexibility index (Phi) is 6.42. The van der Waals surface area contributed by atoms with E-state index in [1.165, 1.54) is 30.3 Å². The predicted molar refractivity (Wildman–Crippen MR) is 123 cm³/mol. The summed E-state index contributed by atoms with van der Waals surface area (Å²) in [6, 6.07) is 9.47. The fourth-order valence-corrected chi connectivity index (χ4v) is 3.90. The van der Waals surface area contributed by atoms with Crippen molar-refractivity contribution in [1.82, 2.24) is 5.43 Å². The van der Waals surface area contributed by atoms with Crippen molar-refractivity contribution < 1.29 is 23.3 Å². The maximum Gasteiger partial charge on any atom is 0.291 e. The monoisotopic (exact) mass is 484 g/mol. The molecule has 4 rings (SSSR count). The summed E-state index contributed by atoms with van der Waals surface area (Å²) >= 11 is 5.79. The first-order valence-electron chi connectivity index (χ1n) is 10.3. The Morgan fingerprint density at radius 3 is 2.68 bits per heavy atom. The van der Waals surface area contributed by atoms with Gasteiger partial charge in [-0.25, -0.2) is 9.82 Å². The lowest BCUT2D eigenvalue weighted by atomic mass is 9.93. The van der Waals surface area contributed by atoms with Crippen LogP contribution < -0.4 is 10.7 Å². The van der Waals surface area contributed by atoms with Crippen LogP contribution in [0.5, 0.6) is 0 Å². The van der Waals surface area contributed by atoms with E-state index < -0.39 is 28.2 Å². The number of carbonyl (C=O) groups excluding carboxylic acids is 2. The number of carbonyl (C=O) groups is 2. The van der Waals surface area contributed by atoms with Crippen molar-refractivity contribution in [2.24, 2.45) is 5.10 Å². The van der Waals surface area contributed by atoms with Gasteiger partial charge < -0.3 is 9.73 Å². The lowest BCUT2D eigenvalue weighted by molar-refractivity contribution is -0.384. The minimum atomic E-state index is -0.679. The van der Waals surface area contributed by atoms with Crippen LogP contribution in [0.25, 0.3) is 0 Å². The number of aryl methyl sites for hydroxylation is 1. The van der Waals surface area contributed by atoms with Crippen molar-refractivity contribution >= 4 is 40.5 Å². The second-order valence-corrected chi connectivity index (χ2v) is 7.97. The molecule has 0 spiro atoms. The van der Waals surface area contributed by atoms with E-state index in [0.717, 1.165) is 6.07 Å². The fraction of sp³-hybridized carbons (Fsp3) is 0.174. The largest absolute Gasteiger partial charge is 0.455 e. The quantitative estimate of drug-likeness (QED) is 0.388. The van der Waals surface area contributed by atoms with Gasteiger partial charge in [0, 0.05) is 29.2 Å². The highest BCUT2D eigenvalue weighted by Crippen LogP contribution is 2.31. The maximum atomic E-state index is 13.9. The zero-order valence-electron chi connectivity index (χ0n) is 17.9. The van der Waals surface area contributed by atoms with Gasteiger partial charge in [-0.15, -0.1) is 0 Å². The molecule has 0 unspecified atom stereocenters. The number of fused-ring (bicyclic) bond motifs is 1. The van der Waals surface area contributed by atoms with E-state index in [9.17, 15) is 24.1 Å². The van der Waals surface area contributed by atoms with Crippen molar-refractivity contribution in [2.75, 3.05) is 5.32 Å². The van der Waals surface area contributed by atoms with E-state index in [2.05, 4.69) is 15.8 Å². The topological polar surface area (TPSA) is 127 Å². The van der Waals surface area contributed by atoms with Gasteiger partial charge in [-0.1, -0.05) is 23.7 Å². The Balaban J connectivity index is 1.57. The maximum absolute atomic E-state index is 13.9. The minimum Gasteiger partial charge on any atom is -0.455 e. The van der Waals surface area contributed by atoms with Crippen molar-refractivity contribution in [3.8, 4) is 0 Å². The van der Waals surface area contributed by atoms with E-state index in [1.807, 2.05) is 0 Å². The molecule has 0 bridgehead atoms. The number of nitro groups is 1. The number of amides is 2. The van der Waals surface area contributed by atoms with E-state index in [0.29, 0.717) is 41.9 Å². The second kappa shape index (κ2) is 9.44. The molecule has 3 aromatic rings. The number of benzene rings is 2. The third kappa shape index (κ3) is 4.53. The van der Waals surface area contributed by atoms with E-state index in [-0.39, 0.29) is 22.0 Å². The van der Waals surface area contributed by atoms with Gasteiger partial charge in [-0.05, 0) is 44.0 Å². The number of furan rings is 1. The van der Waals surface area contributed by atoms with E-state index >= 15 is 0 Å². The number of halogens is 2. The molecule has 1 aromatic heterocycles. The molecule has 0 saturated carbocycles. The molecule has 9 nitrogen and oxygen atoms in total. The Morgan fingerprint density at radius 1 is 1.18 bits per heavy atom. The van der Waals surface area contributed by atoms with Crippen LogP contribution >= 0.6 is 11.6 Å². The lowest BCUT2D eigenvalue weighted by Crippen LogP contribution is -2.22. The first-order valence-corrected chi connectivity index (χ1v) is 10.6. The molecule has 0 saturated heterocycles. The summed E-state index contributed by atoms with van der Waals surface area (Å²) in [6.07, 6.45) is 1.76. The molecular formula is C23H18ClFN4O5. The van der Waals surface area contributed by atoms with Gasteiger partial charge in [-0.2, -0.15) is 5.10 Å². The molecule has 11 heteroatoms. The zero-order valence-corrected chi connectivity index (χ0v) is 18.6. The third-order valence-electron chi connectivity index (χ3n) is 5.35. The average molecular weight is 485 g/mol. The summed E-state index contributed by atoms with van der Waals surface area (Å²) < 4.78 is 19.7. The van der Waals surface area contributed by atoms with Crippen LogP contribution in [0.1, 0.15) is 50.6 Å². The van der Waals surface area contributed by atoms with Crippen molar-refractivity contribution in [3.63, 3.8) is 0 Å². The lowest BCUT2D eigenvalue weighted by Gasteiger charge is -2.13. The van der Waals surface area contributed by atoms with Crippen LogP contribution in [0.3, 0.4) is 0 Å². The number of hydrazone groups is 1. The zero-order chi connectivity index (χ0) is 24.4. The molecular weight excluding hydrogens is 467 g/mol. The van der Waals surface area contributed by atoms with Gasteiger partial charge in [0.25, 0.3) is 17.5 Å². The molecule has 0 radical (unpaired) electrons. The number of hydrogen-bond donors (Lipinski definition) is 2. The van der Waals surface area contributed by atoms with Gasteiger partial charge >= 0.3 is 0 Å². The summed E-state index contributed by atoms with van der Waals surface area (Å²) in [5.41, 5.74) is 3.68. The molecule has 2 N–H and O–H groups in total. The van der Waals surface area contributed by atoms with Gasteiger partial charge in [-0.3, -0.25) is 19.7 Å². The van der Waals surface area contributed by atoms with Crippen LogP contribution in [0.4, 0.5) is 15.8 Å². The standard InChI is InChI=1S/C23H18ClFN4O5/c1-12-20-17(27-28-22(30)13-9-10-14(24)18(11-13)29(32)33)7-4-8-19(20)34-21(12)23(31)26-16-6-3-2-5-15(16)25/h2-3,5-6,9-11H,4,7-8H2,1H3,(H,26,31)(H,28,30)/b27-17+. The smallest absolute Gasteiger partial charge is 0.291 e. The van der Waals surface area contributed by atoms with E-state index in [4.69, 9.17) is 16.0 Å². The first-order chi connectivity index (χ1) is 16.3. The number of nitro benzene ring substituents is 1. The summed E-state index contributed by atoms with van der Waals surface area (Å²) in [7, 11) is 0.